The molecule has 53 heavy (non-hydrogen) atoms. The van der Waals surface area contributed by atoms with E-state index in [0.29, 0.717) is 57.8 Å². The molecular formula is C38H36N6O9. The summed E-state index contributed by atoms with van der Waals surface area (Å²) in [4.78, 5) is 84.3. The monoisotopic (exact) mass is 720 g/mol. The Morgan fingerprint density at radius 1 is 0.642 bits per heavy atom. The second-order valence-electron chi connectivity index (χ2n) is 12.3. The van der Waals surface area contributed by atoms with E-state index in [1.54, 1.807) is 50.2 Å². The third kappa shape index (κ3) is 8.23. The molecular weight excluding hydrogens is 684 g/mol. The zero-order valence-corrected chi connectivity index (χ0v) is 29.2. The molecule has 0 radical (unpaired) electrons. The molecule has 4 amide bonds. The van der Waals surface area contributed by atoms with E-state index in [9.17, 15) is 28.8 Å². The number of imide groups is 2. The van der Waals surface area contributed by atoms with Crippen LogP contribution >= 0.6 is 0 Å². The molecule has 0 saturated carbocycles. The lowest BCUT2D eigenvalue weighted by molar-refractivity contribution is -0.137. The third-order valence-electron chi connectivity index (χ3n) is 8.79. The van der Waals surface area contributed by atoms with Crippen molar-refractivity contribution in [3.05, 3.63) is 79.9 Å². The molecule has 272 valence electrons. The van der Waals surface area contributed by atoms with Crippen molar-refractivity contribution in [2.75, 3.05) is 39.6 Å². The molecule has 15 heteroatoms. The van der Waals surface area contributed by atoms with Gasteiger partial charge in [0.15, 0.2) is 0 Å². The molecule has 2 aliphatic rings. The summed E-state index contributed by atoms with van der Waals surface area (Å²) in [6.45, 7) is 4.64. The summed E-state index contributed by atoms with van der Waals surface area (Å²) in [6.07, 6.45) is 0.706. The van der Waals surface area contributed by atoms with Crippen LogP contribution in [0.3, 0.4) is 0 Å². The SMILES string of the molecule is Cc1nc2cccc(C#CCOCCOCCOCC#Cc3cccc4nc(C)n(C5CCC(=O)NC5=O)c(=O)c34)c2c(=O)n1C1CCC(=O)NC1=O. The van der Waals surface area contributed by atoms with Gasteiger partial charge in [0.2, 0.25) is 23.6 Å². The van der Waals surface area contributed by atoms with Gasteiger partial charge >= 0.3 is 0 Å². The number of rotatable bonds is 10. The van der Waals surface area contributed by atoms with Crippen molar-refractivity contribution in [2.45, 2.75) is 51.6 Å². The van der Waals surface area contributed by atoms with E-state index in [0.717, 1.165) is 0 Å². The van der Waals surface area contributed by atoms with E-state index in [-0.39, 0.29) is 63.9 Å². The minimum atomic E-state index is -0.826. The Morgan fingerprint density at radius 3 is 1.47 bits per heavy atom. The summed E-state index contributed by atoms with van der Waals surface area (Å²) in [5, 5.41) is 5.16. The largest absolute Gasteiger partial charge is 0.377 e. The van der Waals surface area contributed by atoms with Crippen LogP contribution in [0.2, 0.25) is 0 Å². The Kier molecular flexibility index (Phi) is 11.5. The second-order valence-corrected chi connectivity index (χ2v) is 12.3. The lowest BCUT2D eigenvalue weighted by atomic mass is 10.0. The molecule has 2 N–H and O–H groups in total. The summed E-state index contributed by atoms with van der Waals surface area (Å²) in [6, 6.07) is 8.68. The van der Waals surface area contributed by atoms with Crippen LogP contribution in [-0.4, -0.2) is 82.4 Å². The first-order chi connectivity index (χ1) is 25.6. The average Bonchev–Trinajstić information content (AvgIpc) is 3.11. The first-order valence-corrected chi connectivity index (χ1v) is 17.1. The predicted octanol–water partition coefficient (Wildman–Crippen LogP) is 1.13. The number of hydrogen-bond acceptors (Lipinski definition) is 11. The number of benzene rings is 2. The van der Waals surface area contributed by atoms with Gasteiger partial charge in [0.05, 0.1) is 48.2 Å². The molecule has 2 aromatic heterocycles. The highest BCUT2D eigenvalue weighted by Gasteiger charge is 2.32. The molecule has 0 bridgehead atoms. The van der Waals surface area contributed by atoms with Crippen molar-refractivity contribution in [1.29, 1.82) is 0 Å². The number of carbonyl (C=O) groups excluding carboxylic acids is 4. The highest BCUT2D eigenvalue weighted by atomic mass is 16.5. The molecule has 15 nitrogen and oxygen atoms in total. The lowest BCUT2D eigenvalue weighted by Gasteiger charge is -2.24. The fourth-order valence-electron chi connectivity index (χ4n) is 6.35. The van der Waals surface area contributed by atoms with Crippen LogP contribution in [0.15, 0.2) is 46.0 Å². The summed E-state index contributed by atoms with van der Waals surface area (Å²) in [5.41, 5.74) is 1.04. The van der Waals surface area contributed by atoms with Crippen LogP contribution < -0.4 is 21.8 Å². The van der Waals surface area contributed by atoms with E-state index in [2.05, 4.69) is 44.3 Å². The number of piperidine rings is 2. The minimum absolute atomic E-state index is 0.0916. The average molecular weight is 721 g/mol. The van der Waals surface area contributed by atoms with E-state index in [1.807, 2.05) is 0 Å². The zero-order valence-electron chi connectivity index (χ0n) is 29.2. The van der Waals surface area contributed by atoms with Crippen molar-refractivity contribution in [1.82, 2.24) is 29.7 Å². The van der Waals surface area contributed by atoms with E-state index in [4.69, 9.17) is 14.2 Å². The lowest BCUT2D eigenvalue weighted by Crippen LogP contribution is -2.45. The molecule has 2 aliphatic heterocycles. The van der Waals surface area contributed by atoms with Crippen LogP contribution in [0.1, 0.15) is 60.5 Å². The fourth-order valence-corrected chi connectivity index (χ4v) is 6.35. The molecule has 4 heterocycles. The number of aryl methyl sites for hydroxylation is 2. The van der Waals surface area contributed by atoms with Crippen molar-refractivity contribution < 1.29 is 33.4 Å². The van der Waals surface area contributed by atoms with E-state index >= 15 is 0 Å². The standard InChI is InChI=1S/C38H36N6O9/c1-23-39-27-11-3-7-25(33(27)37(49)43(23)29-13-15-31(45)41-35(29)47)9-5-17-51-19-21-53-22-20-52-18-6-10-26-8-4-12-28-34(26)38(50)44(24(2)40-28)30-14-16-32(46)42-36(30)48/h3-4,7-8,11-12,29-30H,13-22H2,1-2H3,(H,41,45,47)(H,42,46,48). The predicted molar refractivity (Wildman–Crippen MR) is 191 cm³/mol. The normalized spacial score (nSPS) is 17.2. The summed E-state index contributed by atoms with van der Waals surface area (Å²) >= 11 is 0. The Morgan fingerprint density at radius 2 is 1.06 bits per heavy atom. The molecule has 4 aromatic rings. The first kappa shape index (κ1) is 36.8. The van der Waals surface area contributed by atoms with Gasteiger partial charge in [0.1, 0.15) is 36.9 Å². The summed E-state index contributed by atoms with van der Waals surface area (Å²) in [7, 11) is 0. The smallest absolute Gasteiger partial charge is 0.263 e. The van der Waals surface area contributed by atoms with Gasteiger partial charge in [-0.2, -0.15) is 0 Å². The molecule has 2 atom stereocenters. The van der Waals surface area contributed by atoms with Gasteiger partial charge in [-0.1, -0.05) is 35.8 Å². The van der Waals surface area contributed by atoms with Gasteiger partial charge in [-0.05, 0) is 51.0 Å². The quantitative estimate of drug-likeness (QED) is 0.136. The van der Waals surface area contributed by atoms with Crippen molar-refractivity contribution in [3.63, 3.8) is 0 Å². The van der Waals surface area contributed by atoms with Gasteiger partial charge in [-0.25, -0.2) is 9.97 Å². The van der Waals surface area contributed by atoms with Gasteiger partial charge in [0.25, 0.3) is 11.1 Å². The number of ether oxygens (including phenoxy) is 3. The van der Waals surface area contributed by atoms with Crippen LogP contribution in [0.25, 0.3) is 21.8 Å². The Labute approximate surface area is 303 Å². The number of fused-ring (bicyclic) bond motifs is 2. The van der Waals surface area contributed by atoms with Crippen molar-refractivity contribution in [2.24, 2.45) is 0 Å². The summed E-state index contributed by atoms with van der Waals surface area (Å²) in [5.74, 6) is 10.7. The van der Waals surface area contributed by atoms with E-state index < -0.39 is 35.0 Å². The molecule has 6 rings (SSSR count). The van der Waals surface area contributed by atoms with Gasteiger partial charge < -0.3 is 14.2 Å². The van der Waals surface area contributed by atoms with Crippen LogP contribution in [0.5, 0.6) is 0 Å². The second kappa shape index (κ2) is 16.6. The Hall–Kier alpha value is -6.00. The number of nitrogens with one attached hydrogen (secondary N) is 2. The number of amides is 4. The molecule has 2 fully saturated rings. The number of carbonyl (C=O) groups is 4. The molecule has 0 aliphatic carbocycles. The Balaban J connectivity index is 0.958. The maximum atomic E-state index is 13.5. The topological polar surface area (TPSA) is 190 Å². The Bertz CT molecular complexity index is 2210. The van der Waals surface area contributed by atoms with Gasteiger partial charge in [0, 0.05) is 24.0 Å². The highest BCUT2D eigenvalue weighted by Crippen LogP contribution is 2.22. The van der Waals surface area contributed by atoms with Crippen LogP contribution in [-0.2, 0) is 33.4 Å². The molecule has 0 spiro atoms. The minimum Gasteiger partial charge on any atom is -0.377 e. The van der Waals surface area contributed by atoms with Gasteiger partial charge in [-0.3, -0.25) is 48.5 Å². The van der Waals surface area contributed by atoms with E-state index in [1.165, 1.54) is 9.13 Å². The van der Waals surface area contributed by atoms with Crippen molar-refractivity contribution in [3.8, 4) is 23.7 Å². The van der Waals surface area contributed by atoms with Crippen molar-refractivity contribution >= 4 is 45.4 Å². The third-order valence-corrected chi connectivity index (χ3v) is 8.79. The van der Waals surface area contributed by atoms with Gasteiger partial charge in [-0.15, -0.1) is 0 Å². The molecule has 2 unspecified atom stereocenters. The fraction of sp³-hybridized carbons (Fsp3) is 0.368. The first-order valence-electron chi connectivity index (χ1n) is 17.1. The number of nitrogens with zero attached hydrogens (tertiary/aromatic N) is 4. The van der Waals surface area contributed by atoms with Crippen LogP contribution in [0, 0.1) is 37.5 Å². The van der Waals surface area contributed by atoms with Crippen LogP contribution in [0.4, 0.5) is 0 Å². The zero-order chi connectivity index (χ0) is 37.5. The summed E-state index contributed by atoms with van der Waals surface area (Å²) < 4.78 is 19.3. The number of hydrogen-bond donors (Lipinski definition) is 2. The number of aromatic nitrogens is 4. The maximum Gasteiger partial charge on any atom is 0.263 e. The maximum absolute atomic E-state index is 13.5. The molecule has 2 aromatic carbocycles. The highest BCUT2D eigenvalue weighted by molar-refractivity contribution is 6.00. The molecule has 2 saturated heterocycles.